The highest BCUT2D eigenvalue weighted by molar-refractivity contribution is 5.98. The Bertz CT molecular complexity index is 1080. The molecule has 4 N–H and O–H groups in total. The van der Waals surface area contributed by atoms with Crippen LogP contribution in [-0.2, 0) is 22.4 Å². The molecule has 8 nitrogen and oxygen atoms in total. The van der Waals surface area contributed by atoms with E-state index in [0.29, 0.717) is 11.4 Å². The molecular formula is C25H25N3O5. The molecule has 0 spiro atoms. The van der Waals surface area contributed by atoms with Gasteiger partial charge in [-0.2, -0.15) is 0 Å². The van der Waals surface area contributed by atoms with Crippen LogP contribution in [0.1, 0.15) is 21.5 Å². The molecule has 170 valence electrons. The first-order valence-electron chi connectivity index (χ1n) is 10.3. The number of hydrogen-bond acceptors (Lipinski definition) is 5. The second-order valence-corrected chi connectivity index (χ2v) is 7.34. The Hall–Kier alpha value is -4.17. The highest BCUT2D eigenvalue weighted by Crippen LogP contribution is 2.15. The van der Waals surface area contributed by atoms with Crippen LogP contribution < -0.4 is 20.9 Å². The van der Waals surface area contributed by atoms with Crippen LogP contribution in [0.25, 0.3) is 0 Å². The standard InChI is InChI=1S/C25H25N3O5/c1-33-21-13-7-18(8-14-21)15-22(27-23(29)16-17-5-3-2-4-6-17)25(31)26-20-11-9-19(10-12-20)24(30)28-32/h2-14,22,32H,15-16H2,1H3,(H,26,31)(H,27,29)(H,28,30)/t22-/m0/s1. The lowest BCUT2D eigenvalue weighted by Crippen LogP contribution is -2.45. The molecule has 0 saturated heterocycles. The summed E-state index contributed by atoms with van der Waals surface area (Å²) in [5.74, 6) is -0.630. The third-order valence-corrected chi connectivity index (χ3v) is 4.97. The van der Waals surface area contributed by atoms with Crippen LogP contribution in [0, 0.1) is 0 Å². The maximum absolute atomic E-state index is 13.0. The van der Waals surface area contributed by atoms with E-state index < -0.39 is 17.9 Å². The first-order valence-corrected chi connectivity index (χ1v) is 10.3. The van der Waals surface area contributed by atoms with Crippen molar-refractivity contribution in [2.75, 3.05) is 12.4 Å². The summed E-state index contributed by atoms with van der Waals surface area (Å²) in [6, 6.07) is 21.7. The topological polar surface area (TPSA) is 117 Å². The van der Waals surface area contributed by atoms with E-state index in [1.807, 2.05) is 42.5 Å². The van der Waals surface area contributed by atoms with Crippen molar-refractivity contribution in [3.05, 3.63) is 95.6 Å². The lowest BCUT2D eigenvalue weighted by atomic mass is 10.0. The van der Waals surface area contributed by atoms with Gasteiger partial charge in [0, 0.05) is 17.7 Å². The molecule has 1 atom stereocenters. The normalized spacial score (nSPS) is 11.2. The SMILES string of the molecule is COc1ccc(C[C@H](NC(=O)Cc2ccccc2)C(=O)Nc2ccc(C(=O)NO)cc2)cc1. The Balaban J connectivity index is 1.73. The minimum absolute atomic E-state index is 0.151. The lowest BCUT2D eigenvalue weighted by molar-refractivity contribution is -0.126. The van der Waals surface area contributed by atoms with Crippen LogP contribution in [0.3, 0.4) is 0 Å². The Morgan fingerprint density at radius 1 is 0.879 bits per heavy atom. The first-order chi connectivity index (χ1) is 16.0. The Morgan fingerprint density at radius 2 is 1.55 bits per heavy atom. The number of benzene rings is 3. The summed E-state index contributed by atoms with van der Waals surface area (Å²) in [5, 5.41) is 14.3. The molecular weight excluding hydrogens is 422 g/mol. The van der Waals surface area contributed by atoms with E-state index in [0.717, 1.165) is 11.1 Å². The number of carbonyl (C=O) groups excluding carboxylic acids is 3. The third-order valence-electron chi connectivity index (χ3n) is 4.97. The molecule has 33 heavy (non-hydrogen) atoms. The van der Waals surface area contributed by atoms with E-state index in [9.17, 15) is 14.4 Å². The fourth-order valence-corrected chi connectivity index (χ4v) is 3.23. The minimum atomic E-state index is -0.824. The van der Waals surface area contributed by atoms with E-state index in [2.05, 4.69) is 10.6 Å². The fraction of sp³-hybridized carbons (Fsp3) is 0.160. The number of amides is 3. The van der Waals surface area contributed by atoms with Crippen molar-refractivity contribution in [1.82, 2.24) is 10.8 Å². The highest BCUT2D eigenvalue weighted by atomic mass is 16.5. The maximum atomic E-state index is 13.0. The van der Waals surface area contributed by atoms with Gasteiger partial charge in [0.05, 0.1) is 13.5 Å². The van der Waals surface area contributed by atoms with Crippen molar-refractivity contribution >= 4 is 23.4 Å². The second-order valence-electron chi connectivity index (χ2n) is 7.34. The van der Waals surface area contributed by atoms with E-state index in [-0.39, 0.29) is 24.3 Å². The zero-order chi connectivity index (χ0) is 23.6. The molecule has 0 aromatic heterocycles. The predicted octanol–water partition coefficient (Wildman–Crippen LogP) is 2.72. The van der Waals surface area contributed by atoms with E-state index >= 15 is 0 Å². The third kappa shape index (κ3) is 6.91. The average molecular weight is 447 g/mol. The monoisotopic (exact) mass is 447 g/mol. The number of methoxy groups -OCH3 is 1. The van der Waals surface area contributed by atoms with Crippen molar-refractivity contribution < 1.29 is 24.3 Å². The van der Waals surface area contributed by atoms with Crippen LogP contribution in [0.15, 0.2) is 78.9 Å². The molecule has 0 heterocycles. The zero-order valence-corrected chi connectivity index (χ0v) is 18.1. The van der Waals surface area contributed by atoms with Gasteiger partial charge < -0.3 is 15.4 Å². The van der Waals surface area contributed by atoms with E-state index in [1.165, 1.54) is 12.1 Å². The summed E-state index contributed by atoms with van der Waals surface area (Å²) >= 11 is 0. The summed E-state index contributed by atoms with van der Waals surface area (Å²) in [6.45, 7) is 0. The molecule has 0 aliphatic heterocycles. The number of carbonyl (C=O) groups is 3. The van der Waals surface area contributed by atoms with Gasteiger partial charge in [-0.3, -0.25) is 19.6 Å². The molecule has 3 aromatic rings. The number of hydroxylamine groups is 1. The van der Waals surface area contributed by atoms with Crippen LogP contribution in [0.2, 0.25) is 0 Å². The maximum Gasteiger partial charge on any atom is 0.274 e. The van der Waals surface area contributed by atoms with Crippen molar-refractivity contribution in [3.8, 4) is 5.75 Å². The van der Waals surface area contributed by atoms with Gasteiger partial charge in [-0.25, -0.2) is 5.48 Å². The summed E-state index contributed by atoms with van der Waals surface area (Å²) < 4.78 is 5.17. The summed E-state index contributed by atoms with van der Waals surface area (Å²) in [7, 11) is 1.57. The molecule has 3 amide bonds. The van der Waals surface area contributed by atoms with Gasteiger partial charge in [0.1, 0.15) is 11.8 Å². The Kier molecular flexibility index (Phi) is 8.15. The zero-order valence-electron chi connectivity index (χ0n) is 18.1. The molecule has 3 aromatic carbocycles. The number of hydrogen-bond donors (Lipinski definition) is 4. The molecule has 0 unspecified atom stereocenters. The molecule has 0 aliphatic carbocycles. The number of nitrogens with one attached hydrogen (secondary N) is 3. The minimum Gasteiger partial charge on any atom is -0.497 e. The highest BCUT2D eigenvalue weighted by Gasteiger charge is 2.22. The molecule has 8 heteroatoms. The molecule has 3 rings (SSSR count). The summed E-state index contributed by atoms with van der Waals surface area (Å²) in [4.78, 5) is 37.1. The van der Waals surface area contributed by atoms with Crippen LogP contribution in [0.5, 0.6) is 5.75 Å². The quantitative estimate of drug-likeness (QED) is 0.297. The number of ether oxygens (including phenoxy) is 1. The fourth-order valence-electron chi connectivity index (χ4n) is 3.23. The van der Waals surface area contributed by atoms with Crippen molar-refractivity contribution in [2.24, 2.45) is 0 Å². The van der Waals surface area contributed by atoms with E-state index in [1.54, 1.807) is 36.9 Å². The Morgan fingerprint density at radius 3 is 2.15 bits per heavy atom. The molecule has 0 saturated carbocycles. The molecule has 0 bridgehead atoms. The van der Waals surface area contributed by atoms with Gasteiger partial charge in [-0.15, -0.1) is 0 Å². The van der Waals surface area contributed by atoms with Crippen LogP contribution in [-0.4, -0.2) is 36.1 Å². The number of anilines is 1. The van der Waals surface area contributed by atoms with Crippen LogP contribution in [0.4, 0.5) is 5.69 Å². The van der Waals surface area contributed by atoms with Gasteiger partial charge in [-0.1, -0.05) is 42.5 Å². The molecule has 0 aliphatic rings. The van der Waals surface area contributed by atoms with Gasteiger partial charge >= 0.3 is 0 Å². The van der Waals surface area contributed by atoms with Crippen molar-refractivity contribution in [2.45, 2.75) is 18.9 Å². The molecule has 0 fully saturated rings. The van der Waals surface area contributed by atoms with E-state index in [4.69, 9.17) is 9.94 Å². The van der Waals surface area contributed by atoms with Crippen LogP contribution >= 0.6 is 0 Å². The smallest absolute Gasteiger partial charge is 0.274 e. The van der Waals surface area contributed by atoms with Gasteiger partial charge in [-0.05, 0) is 47.5 Å². The second kappa shape index (κ2) is 11.4. The first kappa shape index (κ1) is 23.5. The molecule has 0 radical (unpaired) electrons. The summed E-state index contributed by atoms with van der Waals surface area (Å²) in [5.41, 5.74) is 3.94. The number of rotatable bonds is 9. The van der Waals surface area contributed by atoms with Gasteiger partial charge in [0.15, 0.2) is 0 Å². The predicted molar refractivity (Wildman–Crippen MR) is 123 cm³/mol. The Labute approximate surface area is 191 Å². The average Bonchev–Trinajstić information content (AvgIpc) is 2.84. The van der Waals surface area contributed by atoms with Gasteiger partial charge in [0.2, 0.25) is 11.8 Å². The largest absolute Gasteiger partial charge is 0.497 e. The van der Waals surface area contributed by atoms with Crippen molar-refractivity contribution in [1.29, 1.82) is 0 Å². The van der Waals surface area contributed by atoms with Gasteiger partial charge in [0.25, 0.3) is 5.91 Å². The summed E-state index contributed by atoms with van der Waals surface area (Å²) in [6.07, 6.45) is 0.430. The lowest BCUT2D eigenvalue weighted by Gasteiger charge is -2.19. The van der Waals surface area contributed by atoms with Crippen molar-refractivity contribution in [3.63, 3.8) is 0 Å².